The Morgan fingerprint density at radius 2 is 1.85 bits per heavy atom. The summed E-state index contributed by atoms with van der Waals surface area (Å²) in [5.41, 5.74) is 7.81. The quantitative estimate of drug-likeness (QED) is 0.747. The number of carbonyl (C=O) groups is 2. The minimum atomic E-state index is -0.215. The molecule has 1 aromatic rings. The Morgan fingerprint density at radius 1 is 1.11 bits per heavy atom. The van der Waals surface area contributed by atoms with Crippen LogP contribution in [-0.4, -0.2) is 55.1 Å². The zero-order valence-corrected chi connectivity index (χ0v) is 15.7. The molecule has 3 N–H and O–H groups in total. The topological polar surface area (TPSA) is 82.7 Å². The first-order valence-electron chi connectivity index (χ1n) is 9.91. The van der Waals surface area contributed by atoms with E-state index < -0.39 is 0 Å². The maximum atomic E-state index is 12.7. The molecule has 146 valence electrons. The molecule has 7 heteroatoms. The summed E-state index contributed by atoms with van der Waals surface area (Å²) in [6, 6.07) is 7.32. The van der Waals surface area contributed by atoms with Gasteiger partial charge in [0.25, 0.3) is 5.91 Å². The van der Waals surface area contributed by atoms with E-state index in [1.54, 1.807) is 29.2 Å². The van der Waals surface area contributed by atoms with Crippen LogP contribution in [0, 0.1) is 11.8 Å². The van der Waals surface area contributed by atoms with Crippen LogP contribution in [0.4, 0.5) is 5.69 Å². The van der Waals surface area contributed by atoms with E-state index in [0.717, 1.165) is 12.8 Å². The zero-order valence-electron chi connectivity index (χ0n) is 15.7. The number of amides is 2. The SMILES string of the molecule is CC1CCC2NNC(C(=O)Nc3ccc(C(=O)N4CCOCC4)cc3)C2C1. The van der Waals surface area contributed by atoms with Crippen LogP contribution in [-0.2, 0) is 9.53 Å². The van der Waals surface area contributed by atoms with E-state index in [1.807, 2.05) is 0 Å². The van der Waals surface area contributed by atoms with E-state index in [9.17, 15) is 9.59 Å². The summed E-state index contributed by atoms with van der Waals surface area (Å²) in [4.78, 5) is 27.0. The molecule has 2 heterocycles. The summed E-state index contributed by atoms with van der Waals surface area (Å²) in [5, 5.41) is 2.99. The number of hydrazine groups is 1. The Bertz CT molecular complexity index is 687. The van der Waals surface area contributed by atoms with Gasteiger partial charge in [-0.25, -0.2) is 5.43 Å². The van der Waals surface area contributed by atoms with Gasteiger partial charge in [-0.3, -0.25) is 15.0 Å². The molecule has 4 unspecified atom stereocenters. The summed E-state index contributed by atoms with van der Waals surface area (Å²) >= 11 is 0. The Morgan fingerprint density at radius 3 is 2.59 bits per heavy atom. The maximum absolute atomic E-state index is 12.7. The molecule has 4 atom stereocenters. The highest BCUT2D eigenvalue weighted by Gasteiger charge is 2.42. The molecule has 0 aromatic heterocycles. The van der Waals surface area contributed by atoms with Gasteiger partial charge in [-0.15, -0.1) is 0 Å². The average Bonchev–Trinajstić information content (AvgIpc) is 3.12. The van der Waals surface area contributed by atoms with Crippen LogP contribution in [0.1, 0.15) is 36.5 Å². The number of ether oxygens (including phenoxy) is 1. The Hall–Kier alpha value is -1.96. The minimum absolute atomic E-state index is 0.0110. The summed E-state index contributed by atoms with van der Waals surface area (Å²) in [7, 11) is 0. The molecule has 7 nitrogen and oxygen atoms in total. The third-order valence-electron chi connectivity index (χ3n) is 5.99. The highest BCUT2D eigenvalue weighted by molar-refractivity contribution is 5.97. The second kappa shape index (κ2) is 7.96. The van der Waals surface area contributed by atoms with E-state index >= 15 is 0 Å². The molecule has 3 fully saturated rings. The molecule has 2 saturated heterocycles. The predicted molar refractivity (Wildman–Crippen MR) is 102 cm³/mol. The lowest BCUT2D eigenvalue weighted by Gasteiger charge is -2.30. The fraction of sp³-hybridized carbons (Fsp3) is 0.600. The maximum Gasteiger partial charge on any atom is 0.254 e. The molecule has 1 aliphatic carbocycles. The number of rotatable bonds is 3. The van der Waals surface area contributed by atoms with Gasteiger partial charge in [-0.1, -0.05) is 6.92 Å². The van der Waals surface area contributed by atoms with Crippen molar-refractivity contribution in [3.8, 4) is 0 Å². The van der Waals surface area contributed by atoms with Crippen LogP contribution < -0.4 is 16.2 Å². The van der Waals surface area contributed by atoms with Crippen molar-refractivity contribution in [3.05, 3.63) is 29.8 Å². The number of anilines is 1. The van der Waals surface area contributed by atoms with Crippen LogP contribution in [0.25, 0.3) is 0 Å². The number of nitrogens with zero attached hydrogens (tertiary/aromatic N) is 1. The van der Waals surface area contributed by atoms with Crippen LogP contribution in [0.2, 0.25) is 0 Å². The Labute approximate surface area is 159 Å². The number of carbonyl (C=O) groups excluding carboxylic acids is 2. The van der Waals surface area contributed by atoms with Gasteiger partial charge in [0.2, 0.25) is 5.91 Å². The molecule has 1 aromatic carbocycles. The second-order valence-electron chi connectivity index (χ2n) is 7.93. The van der Waals surface area contributed by atoms with Crippen LogP contribution in [0.15, 0.2) is 24.3 Å². The molecule has 1 saturated carbocycles. The standard InChI is InChI=1S/C20H28N4O3/c1-13-2-7-17-16(12-13)18(23-22-17)19(25)21-15-5-3-14(4-6-15)20(26)24-8-10-27-11-9-24/h3-6,13,16-18,22-23H,2,7-12H2,1H3,(H,21,25). The number of benzene rings is 1. The fourth-order valence-electron chi connectivity index (χ4n) is 4.40. The van der Waals surface area contributed by atoms with Gasteiger partial charge in [-0.2, -0.15) is 0 Å². The molecule has 4 rings (SSSR count). The van der Waals surface area contributed by atoms with Crippen molar-refractivity contribution < 1.29 is 14.3 Å². The second-order valence-corrected chi connectivity index (χ2v) is 7.93. The Balaban J connectivity index is 1.36. The smallest absolute Gasteiger partial charge is 0.254 e. The first-order valence-corrected chi connectivity index (χ1v) is 9.91. The molecular formula is C20H28N4O3. The van der Waals surface area contributed by atoms with Crippen molar-refractivity contribution in [1.29, 1.82) is 0 Å². The number of hydrogen-bond donors (Lipinski definition) is 3. The fourth-order valence-corrected chi connectivity index (χ4v) is 4.40. The lowest BCUT2D eigenvalue weighted by molar-refractivity contribution is -0.119. The third kappa shape index (κ3) is 4.00. The van der Waals surface area contributed by atoms with Crippen LogP contribution in [0.3, 0.4) is 0 Å². The average molecular weight is 372 g/mol. The van der Waals surface area contributed by atoms with E-state index in [0.29, 0.717) is 55.4 Å². The monoisotopic (exact) mass is 372 g/mol. The summed E-state index contributed by atoms with van der Waals surface area (Å²) in [6.45, 7) is 4.68. The van der Waals surface area contributed by atoms with Crippen molar-refractivity contribution in [3.63, 3.8) is 0 Å². The van der Waals surface area contributed by atoms with E-state index in [4.69, 9.17) is 4.74 Å². The number of fused-ring (bicyclic) bond motifs is 1. The van der Waals surface area contributed by atoms with Crippen molar-refractivity contribution in [2.45, 2.75) is 38.3 Å². The Kier molecular flexibility index (Phi) is 5.43. The molecule has 0 bridgehead atoms. The van der Waals surface area contributed by atoms with Gasteiger partial charge in [0.05, 0.1) is 13.2 Å². The van der Waals surface area contributed by atoms with E-state index in [2.05, 4.69) is 23.1 Å². The number of hydrogen-bond acceptors (Lipinski definition) is 5. The molecule has 2 aliphatic heterocycles. The first-order chi connectivity index (χ1) is 13.1. The molecule has 0 radical (unpaired) electrons. The zero-order chi connectivity index (χ0) is 18.8. The normalized spacial score (nSPS) is 30.6. The van der Waals surface area contributed by atoms with Crippen molar-refractivity contribution in [2.24, 2.45) is 11.8 Å². The van der Waals surface area contributed by atoms with Gasteiger partial charge in [0.1, 0.15) is 6.04 Å². The molecule has 3 aliphatic rings. The van der Waals surface area contributed by atoms with E-state index in [-0.39, 0.29) is 17.9 Å². The lowest BCUT2D eigenvalue weighted by Crippen LogP contribution is -2.42. The number of morpholine rings is 1. The van der Waals surface area contributed by atoms with Crippen molar-refractivity contribution >= 4 is 17.5 Å². The lowest BCUT2D eigenvalue weighted by atomic mass is 9.76. The van der Waals surface area contributed by atoms with Gasteiger partial charge < -0.3 is 15.0 Å². The van der Waals surface area contributed by atoms with Crippen LogP contribution in [0.5, 0.6) is 0 Å². The summed E-state index contributed by atoms with van der Waals surface area (Å²) in [5.74, 6) is 0.984. The summed E-state index contributed by atoms with van der Waals surface area (Å²) in [6.07, 6.45) is 3.39. The summed E-state index contributed by atoms with van der Waals surface area (Å²) < 4.78 is 5.29. The van der Waals surface area contributed by atoms with Gasteiger partial charge >= 0.3 is 0 Å². The van der Waals surface area contributed by atoms with E-state index in [1.165, 1.54) is 6.42 Å². The van der Waals surface area contributed by atoms with Gasteiger partial charge in [0.15, 0.2) is 0 Å². The van der Waals surface area contributed by atoms with Gasteiger partial charge in [0, 0.05) is 36.3 Å². The third-order valence-corrected chi connectivity index (χ3v) is 5.99. The highest BCUT2D eigenvalue weighted by Crippen LogP contribution is 2.34. The van der Waals surface area contributed by atoms with Crippen LogP contribution >= 0.6 is 0 Å². The number of nitrogens with one attached hydrogen (secondary N) is 3. The molecular weight excluding hydrogens is 344 g/mol. The molecule has 27 heavy (non-hydrogen) atoms. The highest BCUT2D eigenvalue weighted by atomic mass is 16.5. The molecule has 2 amide bonds. The van der Waals surface area contributed by atoms with Crippen molar-refractivity contribution in [2.75, 3.05) is 31.6 Å². The largest absolute Gasteiger partial charge is 0.378 e. The first kappa shape index (κ1) is 18.4. The minimum Gasteiger partial charge on any atom is -0.378 e. The van der Waals surface area contributed by atoms with Gasteiger partial charge in [-0.05, 0) is 49.4 Å². The molecule has 0 spiro atoms. The predicted octanol–water partition coefficient (Wildman–Crippen LogP) is 1.38. The van der Waals surface area contributed by atoms with Crippen molar-refractivity contribution in [1.82, 2.24) is 15.8 Å².